The van der Waals surface area contributed by atoms with Gasteiger partial charge in [0.15, 0.2) is 0 Å². The van der Waals surface area contributed by atoms with Gasteiger partial charge in [-0.05, 0) is 37.6 Å². The van der Waals surface area contributed by atoms with E-state index < -0.39 is 0 Å². The molecule has 0 N–H and O–H groups in total. The largest absolute Gasteiger partial charge is 0.331 e. The van der Waals surface area contributed by atoms with Gasteiger partial charge in [0, 0.05) is 31.5 Å². The van der Waals surface area contributed by atoms with E-state index in [9.17, 15) is 4.79 Å². The predicted octanol–water partition coefficient (Wildman–Crippen LogP) is 4.30. The van der Waals surface area contributed by atoms with Crippen molar-refractivity contribution >= 4 is 17.5 Å². The Morgan fingerprint density at radius 1 is 0.963 bits per heavy atom. The molecule has 1 aromatic heterocycles. The zero-order chi connectivity index (χ0) is 19.2. The summed E-state index contributed by atoms with van der Waals surface area (Å²) in [5, 5.41) is 0. The Kier molecular flexibility index (Phi) is 5.81. The quantitative estimate of drug-likeness (QED) is 0.658. The van der Waals surface area contributed by atoms with Crippen molar-refractivity contribution in [1.82, 2.24) is 14.9 Å². The van der Waals surface area contributed by atoms with E-state index in [1.54, 1.807) is 12.3 Å². The summed E-state index contributed by atoms with van der Waals surface area (Å²) in [6.07, 6.45) is 1.63. The number of benzene rings is 2. The Hall–Kier alpha value is -3.21. The molecule has 0 bridgehead atoms. The summed E-state index contributed by atoms with van der Waals surface area (Å²) >= 11 is 0. The Balaban J connectivity index is 1.85. The van der Waals surface area contributed by atoms with Gasteiger partial charge in [-0.2, -0.15) is 0 Å². The Morgan fingerprint density at radius 2 is 1.59 bits per heavy atom. The van der Waals surface area contributed by atoms with E-state index in [0.29, 0.717) is 18.2 Å². The molecule has 5 heteroatoms. The van der Waals surface area contributed by atoms with E-state index in [4.69, 9.17) is 0 Å². The first kappa shape index (κ1) is 18.6. The molecule has 0 fully saturated rings. The van der Waals surface area contributed by atoms with Gasteiger partial charge in [-0.1, -0.05) is 48.5 Å². The van der Waals surface area contributed by atoms with Crippen LogP contribution in [-0.2, 0) is 6.54 Å². The first-order valence-electron chi connectivity index (χ1n) is 9.03. The summed E-state index contributed by atoms with van der Waals surface area (Å²) < 4.78 is 0. The topological polar surface area (TPSA) is 49.3 Å². The van der Waals surface area contributed by atoms with Crippen LogP contribution < -0.4 is 4.90 Å². The summed E-state index contributed by atoms with van der Waals surface area (Å²) in [6, 6.07) is 21.6. The molecule has 0 saturated heterocycles. The molecule has 1 amide bonds. The summed E-state index contributed by atoms with van der Waals surface area (Å²) in [5.41, 5.74) is 2.45. The van der Waals surface area contributed by atoms with Gasteiger partial charge < -0.3 is 9.80 Å². The van der Waals surface area contributed by atoms with E-state index in [0.717, 1.165) is 11.3 Å². The molecular formula is C22H24N4O. The van der Waals surface area contributed by atoms with Crippen molar-refractivity contribution < 1.29 is 4.79 Å². The molecule has 2 aromatic carbocycles. The second-order valence-electron chi connectivity index (χ2n) is 6.65. The van der Waals surface area contributed by atoms with Crippen LogP contribution in [-0.4, -0.2) is 33.9 Å². The molecule has 1 heterocycles. The Labute approximate surface area is 160 Å². The number of amides is 1. The number of aromatic nitrogens is 2. The maximum absolute atomic E-state index is 13.1. The molecule has 0 aliphatic heterocycles. The van der Waals surface area contributed by atoms with Crippen molar-refractivity contribution in [3.8, 4) is 0 Å². The van der Waals surface area contributed by atoms with E-state index in [-0.39, 0.29) is 11.9 Å². The van der Waals surface area contributed by atoms with Crippen molar-refractivity contribution in [3.05, 3.63) is 84.2 Å². The maximum Gasteiger partial charge on any atom is 0.273 e. The molecule has 0 aliphatic carbocycles. The lowest BCUT2D eigenvalue weighted by molar-refractivity contribution is 0.0684. The van der Waals surface area contributed by atoms with Gasteiger partial charge in [0.1, 0.15) is 5.69 Å². The fourth-order valence-corrected chi connectivity index (χ4v) is 2.81. The molecule has 0 atom stereocenters. The first-order chi connectivity index (χ1) is 13.1. The van der Waals surface area contributed by atoms with Gasteiger partial charge in [0.25, 0.3) is 5.91 Å². The highest BCUT2D eigenvalue weighted by atomic mass is 16.2. The fraction of sp³-hybridized carbons (Fsp3) is 0.227. The van der Waals surface area contributed by atoms with Gasteiger partial charge in [0.05, 0.1) is 0 Å². The molecule has 0 unspecified atom stereocenters. The molecule has 138 valence electrons. The lowest BCUT2D eigenvalue weighted by Crippen LogP contribution is -2.37. The van der Waals surface area contributed by atoms with Crippen molar-refractivity contribution in [3.63, 3.8) is 0 Å². The zero-order valence-corrected chi connectivity index (χ0v) is 15.9. The lowest BCUT2D eigenvalue weighted by Gasteiger charge is -2.27. The molecule has 0 spiro atoms. The van der Waals surface area contributed by atoms with Crippen LogP contribution in [0.15, 0.2) is 72.9 Å². The average molecular weight is 360 g/mol. The third kappa shape index (κ3) is 4.50. The van der Waals surface area contributed by atoms with Crippen LogP contribution in [0.3, 0.4) is 0 Å². The highest BCUT2D eigenvalue weighted by Gasteiger charge is 2.21. The number of hydrogen-bond donors (Lipinski definition) is 0. The smallest absolute Gasteiger partial charge is 0.273 e. The van der Waals surface area contributed by atoms with Gasteiger partial charge in [-0.3, -0.25) is 4.79 Å². The summed E-state index contributed by atoms with van der Waals surface area (Å²) in [6.45, 7) is 4.57. The predicted molar refractivity (Wildman–Crippen MR) is 108 cm³/mol. The SMILES string of the molecule is CC(C)N(Cc1ccccc1)C(=O)c1ccnc(N(C)c2ccccc2)n1. The maximum atomic E-state index is 13.1. The third-order valence-corrected chi connectivity index (χ3v) is 4.39. The number of anilines is 2. The van der Waals surface area contributed by atoms with Crippen LogP contribution >= 0.6 is 0 Å². The van der Waals surface area contributed by atoms with E-state index in [1.807, 2.05) is 91.4 Å². The van der Waals surface area contributed by atoms with Gasteiger partial charge >= 0.3 is 0 Å². The van der Waals surface area contributed by atoms with Crippen LogP contribution in [0.4, 0.5) is 11.6 Å². The second kappa shape index (κ2) is 8.45. The number of hydrogen-bond acceptors (Lipinski definition) is 4. The highest BCUT2D eigenvalue weighted by Crippen LogP contribution is 2.20. The summed E-state index contributed by atoms with van der Waals surface area (Å²) in [5.74, 6) is 0.398. The molecule has 0 saturated carbocycles. The van der Waals surface area contributed by atoms with Gasteiger partial charge in [-0.15, -0.1) is 0 Å². The Bertz CT molecular complexity index is 881. The highest BCUT2D eigenvalue weighted by molar-refractivity contribution is 5.92. The van der Waals surface area contributed by atoms with Crippen LogP contribution in [0.25, 0.3) is 0 Å². The standard InChI is InChI=1S/C22H24N4O/c1-17(2)26(16-18-10-6-4-7-11-18)21(27)20-14-15-23-22(24-20)25(3)19-12-8-5-9-13-19/h4-15,17H,16H2,1-3H3. The minimum Gasteiger partial charge on any atom is -0.331 e. The minimum absolute atomic E-state index is 0.0583. The number of carbonyl (C=O) groups excluding carboxylic acids is 1. The van der Waals surface area contributed by atoms with Gasteiger partial charge in [-0.25, -0.2) is 9.97 Å². The molecule has 3 rings (SSSR count). The zero-order valence-electron chi connectivity index (χ0n) is 15.9. The van der Waals surface area contributed by atoms with Crippen LogP contribution in [0.5, 0.6) is 0 Å². The molecule has 27 heavy (non-hydrogen) atoms. The normalized spacial score (nSPS) is 10.7. The van der Waals surface area contributed by atoms with Crippen molar-refractivity contribution in [2.45, 2.75) is 26.4 Å². The monoisotopic (exact) mass is 360 g/mol. The molecular weight excluding hydrogens is 336 g/mol. The second-order valence-corrected chi connectivity index (χ2v) is 6.65. The van der Waals surface area contributed by atoms with Crippen molar-refractivity contribution in [1.29, 1.82) is 0 Å². The van der Waals surface area contributed by atoms with Gasteiger partial charge in [0.2, 0.25) is 5.95 Å². The van der Waals surface area contributed by atoms with Crippen molar-refractivity contribution in [2.24, 2.45) is 0 Å². The van der Waals surface area contributed by atoms with Crippen LogP contribution in [0, 0.1) is 0 Å². The van der Waals surface area contributed by atoms with E-state index in [2.05, 4.69) is 9.97 Å². The average Bonchev–Trinajstić information content (AvgIpc) is 2.72. The third-order valence-electron chi connectivity index (χ3n) is 4.39. The van der Waals surface area contributed by atoms with Crippen LogP contribution in [0.2, 0.25) is 0 Å². The molecule has 0 radical (unpaired) electrons. The minimum atomic E-state index is -0.0982. The number of nitrogens with zero attached hydrogens (tertiary/aromatic N) is 4. The Morgan fingerprint density at radius 3 is 2.22 bits per heavy atom. The van der Waals surface area contributed by atoms with Crippen LogP contribution in [0.1, 0.15) is 29.9 Å². The van der Waals surface area contributed by atoms with Crippen molar-refractivity contribution in [2.75, 3.05) is 11.9 Å². The number of para-hydroxylation sites is 1. The van der Waals surface area contributed by atoms with E-state index >= 15 is 0 Å². The lowest BCUT2D eigenvalue weighted by atomic mass is 10.1. The molecule has 0 aliphatic rings. The molecule has 5 nitrogen and oxygen atoms in total. The number of rotatable bonds is 6. The van der Waals surface area contributed by atoms with E-state index in [1.165, 1.54) is 0 Å². The number of carbonyl (C=O) groups is 1. The fourth-order valence-electron chi connectivity index (χ4n) is 2.81. The summed E-state index contributed by atoms with van der Waals surface area (Å²) in [4.78, 5) is 25.7. The summed E-state index contributed by atoms with van der Waals surface area (Å²) in [7, 11) is 1.89. The first-order valence-corrected chi connectivity index (χ1v) is 9.03. The molecule has 3 aromatic rings.